The molecule has 0 rings (SSSR count). The molecular formula is C8H7F5O4. The van der Waals surface area contributed by atoms with Gasteiger partial charge in [0, 0.05) is 0 Å². The maximum atomic E-state index is 12.3. The summed E-state index contributed by atoms with van der Waals surface area (Å²) in [5.74, 6) is -8.19. The van der Waals surface area contributed by atoms with Gasteiger partial charge >= 0.3 is 24.0 Å². The maximum absolute atomic E-state index is 12.3. The highest BCUT2D eigenvalue weighted by Crippen LogP contribution is 2.35. The molecule has 98 valence electrons. The van der Waals surface area contributed by atoms with Gasteiger partial charge in [-0.05, 0) is 0 Å². The predicted molar refractivity (Wildman–Crippen MR) is 43.1 cm³/mol. The Hall–Kier alpha value is -1.67. The third-order valence-electron chi connectivity index (χ3n) is 1.48. The van der Waals surface area contributed by atoms with Gasteiger partial charge in [0.1, 0.15) is 5.57 Å². The number of methoxy groups -OCH3 is 1. The molecule has 0 spiro atoms. The van der Waals surface area contributed by atoms with E-state index < -0.39 is 36.2 Å². The van der Waals surface area contributed by atoms with Crippen LogP contribution in [0, 0.1) is 0 Å². The molecule has 0 aromatic rings. The van der Waals surface area contributed by atoms with Crippen LogP contribution in [0.5, 0.6) is 0 Å². The third kappa shape index (κ3) is 4.00. The first-order chi connectivity index (χ1) is 7.53. The molecule has 0 saturated heterocycles. The summed E-state index contributed by atoms with van der Waals surface area (Å²) in [6.07, 6.45) is -5.85. The van der Waals surface area contributed by atoms with Crippen LogP contribution in [0.2, 0.25) is 0 Å². The Kier molecular flexibility index (Phi) is 4.60. The van der Waals surface area contributed by atoms with E-state index in [0.717, 1.165) is 7.11 Å². The number of ether oxygens (including phenoxy) is 2. The number of halogens is 5. The molecule has 4 nitrogen and oxygen atoms in total. The molecule has 0 fully saturated rings. The van der Waals surface area contributed by atoms with Crippen LogP contribution in [-0.2, 0) is 19.1 Å². The Morgan fingerprint density at radius 2 is 1.59 bits per heavy atom. The number of rotatable bonds is 4. The van der Waals surface area contributed by atoms with Crippen LogP contribution >= 0.6 is 0 Å². The van der Waals surface area contributed by atoms with E-state index in [2.05, 4.69) is 16.1 Å². The van der Waals surface area contributed by atoms with Crippen molar-refractivity contribution in [3.8, 4) is 0 Å². The molecule has 0 aliphatic rings. The van der Waals surface area contributed by atoms with Gasteiger partial charge in [-0.3, -0.25) is 0 Å². The topological polar surface area (TPSA) is 52.6 Å². The summed E-state index contributed by atoms with van der Waals surface area (Å²) in [7, 11) is 0.866. The molecule has 0 aromatic carbocycles. The molecule has 17 heavy (non-hydrogen) atoms. The highest BCUT2D eigenvalue weighted by atomic mass is 19.4. The summed E-state index contributed by atoms with van der Waals surface area (Å²) in [6.45, 7) is 0.582. The fourth-order valence-electron chi connectivity index (χ4n) is 0.532. The predicted octanol–water partition coefficient (Wildman–Crippen LogP) is 1.46. The third-order valence-corrected chi connectivity index (χ3v) is 1.48. The first-order valence-electron chi connectivity index (χ1n) is 3.92. The van der Waals surface area contributed by atoms with E-state index >= 15 is 0 Å². The number of esters is 2. The van der Waals surface area contributed by atoms with Gasteiger partial charge in [-0.2, -0.15) is 22.0 Å². The zero-order valence-corrected chi connectivity index (χ0v) is 8.44. The summed E-state index contributed by atoms with van der Waals surface area (Å²) in [6, 6.07) is 0. The molecule has 0 atom stereocenters. The summed E-state index contributed by atoms with van der Waals surface area (Å²) in [4.78, 5) is 21.4. The van der Waals surface area contributed by atoms with Gasteiger partial charge in [-0.15, -0.1) is 0 Å². The lowest BCUT2D eigenvalue weighted by atomic mass is 10.3. The lowest BCUT2D eigenvalue weighted by Gasteiger charge is -2.19. The van der Waals surface area contributed by atoms with Crippen LogP contribution in [0.1, 0.15) is 0 Å². The van der Waals surface area contributed by atoms with Crippen molar-refractivity contribution in [2.75, 3.05) is 13.7 Å². The molecule has 0 radical (unpaired) electrons. The molecule has 0 heterocycles. The molecule has 0 aromatic heterocycles. The average Bonchev–Trinajstić information content (AvgIpc) is 2.22. The first-order valence-corrected chi connectivity index (χ1v) is 3.92. The zero-order valence-electron chi connectivity index (χ0n) is 8.44. The molecular weight excluding hydrogens is 255 g/mol. The quantitative estimate of drug-likeness (QED) is 0.253. The Morgan fingerprint density at radius 3 is 1.94 bits per heavy atom. The molecule has 0 amide bonds. The van der Waals surface area contributed by atoms with E-state index in [4.69, 9.17) is 0 Å². The minimum atomic E-state index is -5.85. The lowest BCUT2D eigenvalue weighted by molar-refractivity contribution is -0.293. The van der Waals surface area contributed by atoms with Crippen molar-refractivity contribution in [1.29, 1.82) is 0 Å². The fourth-order valence-corrected chi connectivity index (χ4v) is 0.532. The fraction of sp³-hybridized carbons (Fsp3) is 0.500. The molecule has 0 bridgehead atoms. The van der Waals surface area contributed by atoms with E-state index in [1.165, 1.54) is 0 Å². The lowest BCUT2D eigenvalue weighted by Crippen LogP contribution is -2.41. The summed E-state index contributed by atoms with van der Waals surface area (Å²) in [5, 5.41) is 0. The van der Waals surface area contributed by atoms with Crippen LogP contribution in [0.3, 0.4) is 0 Å². The monoisotopic (exact) mass is 262 g/mol. The summed E-state index contributed by atoms with van der Waals surface area (Å²) < 4.78 is 67.1. The van der Waals surface area contributed by atoms with Gasteiger partial charge in [0.15, 0.2) is 6.61 Å². The van der Waals surface area contributed by atoms with Crippen molar-refractivity contribution in [3.63, 3.8) is 0 Å². The smallest absolute Gasteiger partial charge is 0.456 e. The Morgan fingerprint density at radius 1 is 1.12 bits per heavy atom. The molecule has 9 heteroatoms. The first kappa shape index (κ1) is 15.3. The standard InChI is InChI=1S/C8H7F5O4/c1-4(5(14)16-2)6(15)17-3-7(9,10)8(11,12)13/h1,3H2,2H3. The van der Waals surface area contributed by atoms with Gasteiger partial charge in [0.2, 0.25) is 0 Å². The SMILES string of the molecule is C=C(C(=O)OC)C(=O)OCC(F)(F)C(F)(F)F. The van der Waals surface area contributed by atoms with Crippen molar-refractivity contribution in [2.45, 2.75) is 12.1 Å². The van der Waals surface area contributed by atoms with E-state index in [1.54, 1.807) is 0 Å². The Labute approximate surface area is 92.0 Å². The second-order valence-corrected chi connectivity index (χ2v) is 2.75. The van der Waals surface area contributed by atoms with Crippen molar-refractivity contribution in [2.24, 2.45) is 0 Å². The largest absolute Gasteiger partial charge is 0.465 e. The van der Waals surface area contributed by atoms with Crippen molar-refractivity contribution in [1.82, 2.24) is 0 Å². The van der Waals surface area contributed by atoms with Crippen molar-refractivity contribution >= 4 is 11.9 Å². The van der Waals surface area contributed by atoms with E-state index in [9.17, 15) is 31.5 Å². The highest BCUT2D eigenvalue weighted by Gasteiger charge is 2.58. The summed E-state index contributed by atoms with van der Waals surface area (Å²) in [5.41, 5.74) is -0.981. The van der Waals surface area contributed by atoms with Gasteiger partial charge in [-0.1, -0.05) is 6.58 Å². The zero-order chi connectivity index (χ0) is 13.9. The van der Waals surface area contributed by atoms with Gasteiger partial charge in [0.25, 0.3) is 0 Å². The van der Waals surface area contributed by atoms with Crippen molar-refractivity contribution < 1.29 is 41.0 Å². The number of carbonyl (C=O) groups is 2. The van der Waals surface area contributed by atoms with Crippen LogP contribution in [0.4, 0.5) is 22.0 Å². The Bertz CT molecular complexity index is 333. The molecule has 0 saturated carbocycles. The second kappa shape index (κ2) is 5.11. The van der Waals surface area contributed by atoms with Crippen LogP contribution in [-0.4, -0.2) is 37.8 Å². The van der Waals surface area contributed by atoms with Crippen molar-refractivity contribution in [3.05, 3.63) is 12.2 Å². The minimum absolute atomic E-state index is 0.866. The number of alkyl halides is 5. The molecule has 0 unspecified atom stereocenters. The van der Waals surface area contributed by atoms with E-state index in [0.29, 0.717) is 0 Å². The van der Waals surface area contributed by atoms with Gasteiger partial charge in [-0.25, -0.2) is 9.59 Å². The normalized spacial score (nSPS) is 11.9. The second-order valence-electron chi connectivity index (χ2n) is 2.75. The number of hydrogen-bond acceptors (Lipinski definition) is 4. The van der Waals surface area contributed by atoms with E-state index in [-0.39, 0.29) is 0 Å². The molecule has 0 aliphatic heterocycles. The number of carbonyl (C=O) groups excluding carboxylic acids is 2. The van der Waals surface area contributed by atoms with Crippen LogP contribution < -0.4 is 0 Å². The average molecular weight is 262 g/mol. The maximum Gasteiger partial charge on any atom is 0.456 e. The molecule has 0 N–H and O–H groups in total. The van der Waals surface area contributed by atoms with E-state index in [1.807, 2.05) is 0 Å². The van der Waals surface area contributed by atoms with Gasteiger partial charge in [0.05, 0.1) is 7.11 Å². The Balaban J connectivity index is 4.45. The van der Waals surface area contributed by atoms with Crippen LogP contribution in [0.25, 0.3) is 0 Å². The highest BCUT2D eigenvalue weighted by molar-refractivity contribution is 6.13. The van der Waals surface area contributed by atoms with Crippen LogP contribution in [0.15, 0.2) is 12.2 Å². The summed E-state index contributed by atoms with van der Waals surface area (Å²) >= 11 is 0. The minimum Gasteiger partial charge on any atom is -0.465 e. The molecule has 0 aliphatic carbocycles. The van der Waals surface area contributed by atoms with Gasteiger partial charge < -0.3 is 9.47 Å². The number of hydrogen-bond donors (Lipinski definition) is 0.